The minimum atomic E-state index is -0.211. The monoisotopic (exact) mass is 333 g/mol. The zero-order valence-electron chi connectivity index (χ0n) is 11.6. The Balaban J connectivity index is 1.90. The van der Waals surface area contributed by atoms with Crippen molar-refractivity contribution in [2.45, 2.75) is 6.42 Å². The van der Waals surface area contributed by atoms with Crippen LogP contribution in [0.1, 0.15) is 12.0 Å². The molecule has 0 saturated carbocycles. The van der Waals surface area contributed by atoms with E-state index in [-0.39, 0.29) is 12.3 Å². The predicted octanol–water partition coefficient (Wildman–Crippen LogP) is 4.31. The van der Waals surface area contributed by atoms with Gasteiger partial charge in [0.25, 0.3) is 0 Å². The molecule has 0 aliphatic rings. The van der Waals surface area contributed by atoms with Crippen LogP contribution >= 0.6 is 23.2 Å². The number of nitrogens with one attached hydrogen (secondary N) is 2. The van der Waals surface area contributed by atoms with Gasteiger partial charge < -0.3 is 10.6 Å². The Hall–Kier alpha value is -2.22. The minimum absolute atomic E-state index is 0.211. The van der Waals surface area contributed by atoms with Crippen molar-refractivity contribution in [2.75, 3.05) is 17.2 Å². The molecule has 0 bridgehead atoms. The van der Waals surface area contributed by atoms with E-state index in [1.165, 1.54) is 0 Å². The number of carbonyl (C=O) groups excluding carboxylic acids is 1. The summed E-state index contributed by atoms with van der Waals surface area (Å²) in [6, 6.07) is 14.2. The number of amides is 1. The lowest BCUT2D eigenvalue weighted by molar-refractivity contribution is -0.115. The predicted molar refractivity (Wildman–Crippen MR) is 89.4 cm³/mol. The molecule has 2 rings (SSSR count). The van der Waals surface area contributed by atoms with E-state index in [0.29, 0.717) is 33.5 Å². The molecule has 0 atom stereocenters. The number of anilines is 2. The van der Waals surface area contributed by atoms with Crippen LogP contribution in [0.4, 0.5) is 11.4 Å². The Bertz CT molecular complexity index is 705. The average Bonchev–Trinajstić information content (AvgIpc) is 2.51. The number of rotatable bonds is 5. The van der Waals surface area contributed by atoms with Gasteiger partial charge in [0, 0.05) is 13.0 Å². The van der Waals surface area contributed by atoms with Crippen molar-refractivity contribution < 1.29 is 4.79 Å². The van der Waals surface area contributed by atoms with Crippen molar-refractivity contribution in [3.8, 4) is 6.07 Å². The first-order chi connectivity index (χ1) is 10.6. The maximum Gasteiger partial charge on any atom is 0.226 e. The smallest absolute Gasteiger partial charge is 0.226 e. The van der Waals surface area contributed by atoms with Crippen LogP contribution < -0.4 is 10.6 Å². The average molecular weight is 334 g/mol. The fourth-order valence-corrected chi connectivity index (χ4v) is 2.36. The molecule has 2 aromatic rings. The van der Waals surface area contributed by atoms with E-state index >= 15 is 0 Å². The van der Waals surface area contributed by atoms with Crippen LogP contribution in [0, 0.1) is 11.3 Å². The quantitative estimate of drug-likeness (QED) is 0.856. The third kappa shape index (κ3) is 4.14. The lowest BCUT2D eigenvalue weighted by Gasteiger charge is -2.10. The summed E-state index contributed by atoms with van der Waals surface area (Å²) in [6.07, 6.45) is 0.224. The molecular weight excluding hydrogens is 321 g/mol. The Morgan fingerprint density at radius 1 is 1.09 bits per heavy atom. The summed E-state index contributed by atoms with van der Waals surface area (Å²) in [5.74, 6) is -0.211. The Morgan fingerprint density at radius 2 is 1.77 bits per heavy atom. The molecule has 0 heterocycles. The zero-order chi connectivity index (χ0) is 15.9. The van der Waals surface area contributed by atoms with E-state index < -0.39 is 0 Å². The fraction of sp³-hybridized carbons (Fsp3) is 0.125. The van der Waals surface area contributed by atoms with Gasteiger partial charge in [-0.2, -0.15) is 5.26 Å². The maximum absolute atomic E-state index is 11.9. The summed E-state index contributed by atoms with van der Waals surface area (Å²) >= 11 is 12.0. The molecule has 0 aliphatic heterocycles. The van der Waals surface area contributed by atoms with Gasteiger partial charge >= 0.3 is 0 Å². The third-order valence-electron chi connectivity index (χ3n) is 2.94. The van der Waals surface area contributed by atoms with Gasteiger partial charge in [-0.05, 0) is 24.3 Å². The Kier molecular flexibility index (Phi) is 5.65. The van der Waals surface area contributed by atoms with Crippen molar-refractivity contribution in [1.29, 1.82) is 5.26 Å². The van der Waals surface area contributed by atoms with Gasteiger partial charge in [0.1, 0.15) is 6.07 Å². The van der Waals surface area contributed by atoms with Crippen molar-refractivity contribution in [1.82, 2.24) is 0 Å². The van der Waals surface area contributed by atoms with Gasteiger partial charge in [-0.15, -0.1) is 0 Å². The molecule has 0 radical (unpaired) electrons. The lowest BCUT2D eigenvalue weighted by Crippen LogP contribution is -2.17. The van der Waals surface area contributed by atoms with E-state index in [9.17, 15) is 4.79 Å². The number of hydrogen-bond acceptors (Lipinski definition) is 3. The number of carbonyl (C=O) groups is 1. The molecule has 0 unspecified atom stereocenters. The highest BCUT2D eigenvalue weighted by atomic mass is 35.5. The van der Waals surface area contributed by atoms with Gasteiger partial charge in [-0.1, -0.05) is 41.4 Å². The second-order valence-electron chi connectivity index (χ2n) is 4.48. The topological polar surface area (TPSA) is 64.9 Å². The van der Waals surface area contributed by atoms with Crippen molar-refractivity contribution in [3.63, 3.8) is 0 Å². The zero-order valence-corrected chi connectivity index (χ0v) is 13.1. The molecule has 1 amide bonds. The van der Waals surface area contributed by atoms with Crippen molar-refractivity contribution >= 4 is 40.5 Å². The lowest BCUT2D eigenvalue weighted by atomic mass is 10.2. The number of para-hydroxylation sites is 2. The summed E-state index contributed by atoms with van der Waals surface area (Å²) in [5.41, 5.74) is 1.65. The molecule has 22 heavy (non-hydrogen) atoms. The van der Waals surface area contributed by atoms with Gasteiger partial charge in [0.2, 0.25) is 5.91 Å². The highest BCUT2D eigenvalue weighted by molar-refractivity contribution is 6.39. The van der Waals surface area contributed by atoms with Crippen LogP contribution in [0.5, 0.6) is 0 Å². The van der Waals surface area contributed by atoms with Crippen LogP contribution in [-0.4, -0.2) is 12.5 Å². The molecule has 2 aromatic carbocycles. The van der Waals surface area contributed by atoms with Crippen LogP contribution in [0.3, 0.4) is 0 Å². The van der Waals surface area contributed by atoms with Gasteiger partial charge in [-0.3, -0.25) is 4.79 Å². The van der Waals surface area contributed by atoms with E-state index in [1.807, 2.05) is 6.07 Å². The highest BCUT2D eigenvalue weighted by Crippen LogP contribution is 2.29. The van der Waals surface area contributed by atoms with E-state index in [1.54, 1.807) is 36.4 Å². The first-order valence-electron chi connectivity index (χ1n) is 6.58. The number of benzene rings is 2. The maximum atomic E-state index is 11.9. The summed E-state index contributed by atoms with van der Waals surface area (Å²) in [5, 5.41) is 15.5. The second kappa shape index (κ2) is 7.69. The molecule has 0 spiro atoms. The number of hydrogen-bond donors (Lipinski definition) is 2. The molecule has 4 nitrogen and oxygen atoms in total. The first-order valence-corrected chi connectivity index (χ1v) is 7.34. The molecule has 2 N–H and O–H groups in total. The van der Waals surface area contributed by atoms with Crippen LogP contribution in [0.25, 0.3) is 0 Å². The van der Waals surface area contributed by atoms with Crippen LogP contribution in [-0.2, 0) is 4.79 Å². The summed E-state index contributed by atoms with van der Waals surface area (Å²) in [6.45, 7) is 0.395. The number of halogens is 2. The Morgan fingerprint density at radius 3 is 2.45 bits per heavy atom. The molecular formula is C16H13Cl2N3O. The van der Waals surface area contributed by atoms with E-state index in [2.05, 4.69) is 16.7 Å². The number of nitriles is 1. The van der Waals surface area contributed by atoms with E-state index in [4.69, 9.17) is 28.5 Å². The highest BCUT2D eigenvalue weighted by Gasteiger charge is 2.09. The molecule has 6 heteroatoms. The summed E-state index contributed by atoms with van der Waals surface area (Å²) in [4.78, 5) is 11.9. The molecule has 0 fully saturated rings. The summed E-state index contributed by atoms with van der Waals surface area (Å²) < 4.78 is 0. The molecule has 0 aliphatic carbocycles. The normalized spacial score (nSPS) is 9.86. The van der Waals surface area contributed by atoms with Crippen molar-refractivity contribution in [3.05, 3.63) is 58.1 Å². The first kappa shape index (κ1) is 16.2. The van der Waals surface area contributed by atoms with Gasteiger partial charge in [0.15, 0.2) is 0 Å². The minimum Gasteiger partial charge on any atom is -0.383 e. The molecule has 0 aromatic heterocycles. The van der Waals surface area contributed by atoms with Crippen molar-refractivity contribution in [2.24, 2.45) is 0 Å². The number of nitrogens with zero attached hydrogens (tertiary/aromatic N) is 1. The van der Waals surface area contributed by atoms with E-state index in [0.717, 1.165) is 0 Å². The largest absolute Gasteiger partial charge is 0.383 e. The Labute approximate surface area is 138 Å². The molecule has 0 saturated heterocycles. The fourth-order valence-electron chi connectivity index (χ4n) is 1.86. The van der Waals surface area contributed by atoms with Gasteiger partial charge in [0.05, 0.1) is 27.0 Å². The standard InChI is InChI=1S/C16H13Cl2N3O/c17-12-5-3-6-13(18)16(12)21-15(22)8-9-20-14-7-2-1-4-11(14)10-19/h1-7,20H,8-9H2,(H,21,22). The summed E-state index contributed by atoms with van der Waals surface area (Å²) in [7, 11) is 0. The van der Waals surface area contributed by atoms with Gasteiger partial charge in [-0.25, -0.2) is 0 Å². The third-order valence-corrected chi connectivity index (χ3v) is 3.57. The van der Waals surface area contributed by atoms with Crippen LogP contribution in [0.2, 0.25) is 10.0 Å². The SMILES string of the molecule is N#Cc1ccccc1NCCC(=O)Nc1c(Cl)cccc1Cl. The second-order valence-corrected chi connectivity index (χ2v) is 5.29. The van der Waals surface area contributed by atoms with Crippen LogP contribution in [0.15, 0.2) is 42.5 Å². The molecule has 112 valence electrons.